The fourth-order valence-corrected chi connectivity index (χ4v) is 2.88. The van der Waals surface area contributed by atoms with Gasteiger partial charge in [-0.3, -0.25) is 0 Å². The molecule has 0 spiro atoms. The molecule has 0 aliphatic heterocycles. The van der Waals surface area contributed by atoms with Crippen molar-refractivity contribution in [1.29, 1.82) is 0 Å². The fraction of sp³-hybridized carbons (Fsp3) is 0.571. The molecule has 0 bridgehead atoms. The highest BCUT2D eigenvalue weighted by atomic mass is 79.9. The Labute approximate surface area is 102 Å². The quantitative estimate of drug-likeness (QED) is 0.675. The molecule has 0 saturated carbocycles. The van der Waals surface area contributed by atoms with Gasteiger partial charge in [-0.15, -0.1) is 0 Å². The van der Waals surface area contributed by atoms with Gasteiger partial charge < -0.3 is 0 Å². The number of benzene rings is 1. The maximum absolute atomic E-state index is 3.83. The van der Waals surface area contributed by atoms with Crippen LogP contribution in [-0.4, -0.2) is 0 Å². The second-order valence-electron chi connectivity index (χ2n) is 4.86. The molecule has 0 aliphatic carbocycles. The molecule has 0 aliphatic rings. The highest BCUT2D eigenvalue weighted by Crippen LogP contribution is 2.36. The molecule has 15 heavy (non-hydrogen) atoms. The summed E-state index contributed by atoms with van der Waals surface area (Å²) in [5, 5.41) is 0. The van der Waals surface area contributed by atoms with Gasteiger partial charge in [-0.2, -0.15) is 0 Å². The van der Waals surface area contributed by atoms with Gasteiger partial charge in [0, 0.05) is 4.83 Å². The van der Waals surface area contributed by atoms with Crippen molar-refractivity contribution < 1.29 is 0 Å². The molecular weight excluding hydrogens is 248 g/mol. The summed E-state index contributed by atoms with van der Waals surface area (Å²) >= 11 is 3.83. The predicted molar refractivity (Wildman–Crippen MR) is 71.6 cm³/mol. The lowest BCUT2D eigenvalue weighted by molar-refractivity contribution is 0.414. The second kappa shape index (κ2) is 5.16. The van der Waals surface area contributed by atoms with E-state index >= 15 is 0 Å². The van der Waals surface area contributed by atoms with E-state index in [1.807, 2.05) is 0 Å². The van der Waals surface area contributed by atoms with Crippen molar-refractivity contribution in [1.82, 2.24) is 0 Å². The van der Waals surface area contributed by atoms with E-state index in [9.17, 15) is 0 Å². The third kappa shape index (κ3) is 3.07. The van der Waals surface area contributed by atoms with Crippen molar-refractivity contribution in [2.24, 2.45) is 11.8 Å². The summed E-state index contributed by atoms with van der Waals surface area (Å²) < 4.78 is 0. The van der Waals surface area contributed by atoms with E-state index in [2.05, 4.69) is 68.7 Å². The van der Waals surface area contributed by atoms with E-state index in [1.165, 1.54) is 16.7 Å². The standard InChI is InChI=1S/C14H21Br/c1-9(2)12(5)14(15)13-7-6-10(3)8-11(13)4/h6-9,12,14H,1-5H3. The van der Waals surface area contributed by atoms with Gasteiger partial charge in [0.1, 0.15) is 0 Å². The highest BCUT2D eigenvalue weighted by molar-refractivity contribution is 9.09. The normalized spacial score (nSPS) is 15.4. The predicted octanol–water partition coefficient (Wildman–Crippen LogP) is 5.03. The van der Waals surface area contributed by atoms with E-state index in [-0.39, 0.29) is 0 Å². The number of hydrogen-bond acceptors (Lipinski definition) is 0. The molecule has 0 aromatic heterocycles. The summed E-state index contributed by atoms with van der Waals surface area (Å²) in [5.41, 5.74) is 4.17. The van der Waals surface area contributed by atoms with Crippen molar-refractivity contribution in [2.75, 3.05) is 0 Å². The Morgan fingerprint density at radius 1 is 1.07 bits per heavy atom. The fourth-order valence-electron chi connectivity index (χ4n) is 1.76. The van der Waals surface area contributed by atoms with E-state index in [4.69, 9.17) is 0 Å². The average molecular weight is 269 g/mol. The Kier molecular flexibility index (Phi) is 4.39. The third-order valence-electron chi connectivity index (χ3n) is 3.24. The molecule has 0 fully saturated rings. The van der Waals surface area contributed by atoms with Gasteiger partial charge in [0.25, 0.3) is 0 Å². The van der Waals surface area contributed by atoms with E-state index in [0.717, 1.165) is 0 Å². The average Bonchev–Trinajstić information content (AvgIpc) is 2.15. The van der Waals surface area contributed by atoms with Crippen molar-refractivity contribution in [3.8, 4) is 0 Å². The molecule has 2 unspecified atom stereocenters. The zero-order valence-corrected chi connectivity index (χ0v) is 11.9. The first-order valence-electron chi connectivity index (χ1n) is 5.64. The first-order valence-corrected chi connectivity index (χ1v) is 6.56. The maximum atomic E-state index is 3.83. The lowest BCUT2D eigenvalue weighted by Crippen LogP contribution is -2.11. The lowest BCUT2D eigenvalue weighted by atomic mass is 9.89. The van der Waals surface area contributed by atoms with Crippen LogP contribution in [0.15, 0.2) is 18.2 Å². The Hall–Kier alpha value is -0.300. The number of hydrogen-bond donors (Lipinski definition) is 0. The molecule has 0 N–H and O–H groups in total. The molecule has 1 aromatic rings. The SMILES string of the molecule is Cc1ccc(C(Br)C(C)C(C)C)c(C)c1. The molecule has 0 heterocycles. The van der Waals surface area contributed by atoms with Crippen molar-refractivity contribution in [3.05, 3.63) is 34.9 Å². The summed E-state index contributed by atoms with van der Waals surface area (Å²) in [4.78, 5) is 0.470. The zero-order chi connectivity index (χ0) is 11.6. The number of halogens is 1. The maximum Gasteiger partial charge on any atom is 0.0425 e. The number of rotatable bonds is 3. The summed E-state index contributed by atoms with van der Waals surface area (Å²) in [7, 11) is 0. The van der Waals surface area contributed by atoms with Gasteiger partial charge in [-0.25, -0.2) is 0 Å². The third-order valence-corrected chi connectivity index (χ3v) is 4.56. The molecule has 1 aromatic carbocycles. The summed E-state index contributed by atoms with van der Waals surface area (Å²) in [6.45, 7) is 11.2. The molecule has 0 amide bonds. The first kappa shape index (κ1) is 12.8. The van der Waals surface area contributed by atoms with E-state index in [1.54, 1.807) is 0 Å². The minimum atomic E-state index is 0.470. The van der Waals surface area contributed by atoms with Gasteiger partial charge >= 0.3 is 0 Å². The van der Waals surface area contributed by atoms with E-state index in [0.29, 0.717) is 16.7 Å². The molecule has 0 nitrogen and oxygen atoms in total. The second-order valence-corrected chi connectivity index (χ2v) is 5.85. The van der Waals surface area contributed by atoms with Crippen LogP contribution >= 0.6 is 15.9 Å². The smallest absolute Gasteiger partial charge is 0.0425 e. The highest BCUT2D eigenvalue weighted by Gasteiger charge is 2.20. The van der Waals surface area contributed by atoms with Gasteiger partial charge in [0.15, 0.2) is 0 Å². The van der Waals surface area contributed by atoms with Gasteiger partial charge in [0.05, 0.1) is 0 Å². The largest absolute Gasteiger partial charge is 0.0836 e. The molecule has 1 heteroatoms. The molecule has 0 radical (unpaired) electrons. The minimum absolute atomic E-state index is 0.470. The Balaban J connectivity index is 2.96. The van der Waals surface area contributed by atoms with Crippen LogP contribution < -0.4 is 0 Å². The summed E-state index contributed by atoms with van der Waals surface area (Å²) in [6.07, 6.45) is 0. The zero-order valence-electron chi connectivity index (χ0n) is 10.3. The van der Waals surface area contributed by atoms with Crippen LogP contribution in [0.2, 0.25) is 0 Å². The molecule has 1 rings (SSSR count). The van der Waals surface area contributed by atoms with Gasteiger partial charge in [-0.05, 0) is 36.8 Å². The van der Waals surface area contributed by atoms with Crippen LogP contribution in [0.3, 0.4) is 0 Å². The van der Waals surface area contributed by atoms with Crippen molar-refractivity contribution in [2.45, 2.75) is 39.4 Å². The molecule has 84 valence electrons. The Morgan fingerprint density at radius 2 is 1.67 bits per heavy atom. The van der Waals surface area contributed by atoms with Crippen molar-refractivity contribution >= 4 is 15.9 Å². The molecule has 0 saturated heterocycles. The van der Waals surface area contributed by atoms with Crippen LogP contribution in [0.1, 0.15) is 42.3 Å². The Bertz CT molecular complexity index is 328. The number of alkyl halides is 1. The number of aryl methyl sites for hydroxylation is 2. The summed E-state index contributed by atoms with van der Waals surface area (Å²) in [5.74, 6) is 1.36. The minimum Gasteiger partial charge on any atom is -0.0836 e. The van der Waals surface area contributed by atoms with E-state index < -0.39 is 0 Å². The van der Waals surface area contributed by atoms with Crippen LogP contribution in [0.25, 0.3) is 0 Å². The molecular formula is C14H21Br. The monoisotopic (exact) mass is 268 g/mol. The summed E-state index contributed by atoms with van der Waals surface area (Å²) in [6, 6.07) is 6.71. The van der Waals surface area contributed by atoms with Crippen LogP contribution in [-0.2, 0) is 0 Å². The lowest BCUT2D eigenvalue weighted by Gasteiger charge is -2.23. The topological polar surface area (TPSA) is 0 Å². The first-order chi connectivity index (χ1) is 6.93. The Morgan fingerprint density at radius 3 is 2.13 bits per heavy atom. The van der Waals surface area contributed by atoms with Crippen LogP contribution in [0.5, 0.6) is 0 Å². The van der Waals surface area contributed by atoms with Gasteiger partial charge in [0.2, 0.25) is 0 Å². The van der Waals surface area contributed by atoms with Crippen LogP contribution in [0.4, 0.5) is 0 Å². The van der Waals surface area contributed by atoms with Gasteiger partial charge in [-0.1, -0.05) is 60.5 Å². The van der Waals surface area contributed by atoms with Crippen molar-refractivity contribution in [3.63, 3.8) is 0 Å². The molecule has 2 atom stereocenters. The van der Waals surface area contributed by atoms with Crippen LogP contribution in [0, 0.1) is 25.7 Å².